The fourth-order valence-corrected chi connectivity index (χ4v) is 2.85. The number of nitrogens with one attached hydrogen (secondary N) is 2. The molecule has 0 saturated carbocycles. The molecule has 9 heteroatoms. The molecule has 2 amide bonds. The van der Waals surface area contributed by atoms with Crippen molar-refractivity contribution in [1.82, 2.24) is 0 Å². The first-order chi connectivity index (χ1) is 15.6. The Labute approximate surface area is 187 Å². The Morgan fingerprint density at radius 1 is 0.818 bits per heavy atom. The van der Waals surface area contributed by atoms with E-state index in [1.165, 1.54) is 37.3 Å². The second-order valence-electron chi connectivity index (χ2n) is 7.03. The predicted molar refractivity (Wildman–Crippen MR) is 116 cm³/mol. The summed E-state index contributed by atoms with van der Waals surface area (Å²) in [6, 6.07) is 16.5. The first kappa shape index (κ1) is 23.5. The third-order valence-electron chi connectivity index (χ3n) is 4.49. The topological polar surface area (TPSA) is 84.5 Å². The highest BCUT2D eigenvalue weighted by atomic mass is 19.4. The van der Waals surface area contributed by atoms with Crippen LogP contribution in [0.25, 0.3) is 0 Å². The number of amides is 2. The maximum atomic E-state index is 12.8. The van der Waals surface area contributed by atoms with Gasteiger partial charge in [0.1, 0.15) is 5.75 Å². The molecule has 0 spiro atoms. The van der Waals surface area contributed by atoms with Crippen molar-refractivity contribution in [3.63, 3.8) is 0 Å². The molecule has 3 aromatic carbocycles. The van der Waals surface area contributed by atoms with E-state index in [1.807, 2.05) is 0 Å². The number of Topliss-reactive ketones (excluding diaryl/α,β-unsaturated/α-hetero) is 1. The van der Waals surface area contributed by atoms with Crippen molar-refractivity contribution in [1.29, 1.82) is 0 Å². The Balaban J connectivity index is 1.59. The summed E-state index contributed by atoms with van der Waals surface area (Å²) in [5.41, 5.74) is 0.0934. The van der Waals surface area contributed by atoms with Gasteiger partial charge in [0, 0.05) is 22.5 Å². The zero-order valence-corrected chi connectivity index (χ0v) is 17.4. The minimum absolute atomic E-state index is 0.00606. The Kier molecular flexibility index (Phi) is 7.12. The number of halogens is 3. The highest BCUT2D eigenvalue weighted by molar-refractivity contribution is 6.05. The Bertz CT molecular complexity index is 1170. The predicted octanol–water partition coefficient (Wildman–Crippen LogP) is 5.18. The fraction of sp³-hybridized carbons (Fsp3) is 0.125. The van der Waals surface area contributed by atoms with Gasteiger partial charge < -0.3 is 15.4 Å². The van der Waals surface area contributed by atoms with Crippen LogP contribution in [-0.2, 0) is 11.0 Å². The van der Waals surface area contributed by atoms with Crippen LogP contribution in [0, 0.1) is 0 Å². The average molecular weight is 456 g/mol. The molecule has 0 radical (unpaired) electrons. The van der Waals surface area contributed by atoms with Crippen molar-refractivity contribution in [2.45, 2.75) is 13.1 Å². The number of anilines is 2. The average Bonchev–Trinajstić information content (AvgIpc) is 2.78. The summed E-state index contributed by atoms with van der Waals surface area (Å²) in [5, 5.41) is 4.99. The van der Waals surface area contributed by atoms with E-state index in [-0.39, 0.29) is 23.6 Å². The summed E-state index contributed by atoms with van der Waals surface area (Å²) in [6.07, 6.45) is -4.53. The Hall–Kier alpha value is -4.14. The quantitative estimate of drug-likeness (QED) is 0.480. The van der Waals surface area contributed by atoms with Crippen molar-refractivity contribution in [2.24, 2.45) is 0 Å². The van der Waals surface area contributed by atoms with Gasteiger partial charge in [0.2, 0.25) is 0 Å². The monoisotopic (exact) mass is 456 g/mol. The molecule has 6 nitrogen and oxygen atoms in total. The molecule has 2 N–H and O–H groups in total. The third kappa shape index (κ3) is 6.67. The van der Waals surface area contributed by atoms with Crippen LogP contribution in [0.1, 0.15) is 33.2 Å². The first-order valence-corrected chi connectivity index (χ1v) is 9.74. The van der Waals surface area contributed by atoms with E-state index in [0.717, 1.165) is 12.1 Å². The van der Waals surface area contributed by atoms with Crippen molar-refractivity contribution >= 4 is 29.0 Å². The molecule has 0 atom stereocenters. The van der Waals surface area contributed by atoms with Crippen LogP contribution in [0.15, 0.2) is 72.8 Å². The van der Waals surface area contributed by atoms with E-state index in [0.29, 0.717) is 17.0 Å². The van der Waals surface area contributed by atoms with Gasteiger partial charge in [-0.2, -0.15) is 13.2 Å². The molecule has 0 aromatic heterocycles. The lowest BCUT2D eigenvalue weighted by Gasteiger charge is -2.11. The summed E-state index contributed by atoms with van der Waals surface area (Å²) in [7, 11) is 0. The SMILES string of the molecule is CC(=O)c1ccc(OCC(=O)Nc2cccc(C(=O)Nc3cccc(C(F)(F)F)c3)c2)cc1. The molecule has 0 aliphatic rings. The second kappa shape index (κ2) is 9.99. The Morgan fingerprint density at radius 3 is 2.09 bits per heavy atom. The lowest BCUT2D eigenvalue weighted by atomic mass is 10.1. The number of benzene rings is 3. The summed E-state index contributed by atoms with van der Waals surface area (Å²) in [6.45, 7) is 1.14. The first-order valence-electron chi connectivity index (χ1n) is 9.74. The van der Waals surface area contributed by atoms with Gasteiger partial charge in [0.25, 0.3) is 11.8 Å². The molecule has 0 fully saturated rings. The van der Waals surface area contributed by atoms with Crippen molar-refractivity contribution in [3.8, 4) is 5.75 Å². The third-order valence-corrected chi connectivity index (χ3v) is 4.49. The molecular weight excluding hydrogens is 437 g/mol. The smallest absolute Gasteiger partial charge is 0.416 e. The Morgan fingerprint density at radius 2 is 1.45 bits per heavy atom. The van der Waals surface area contributed by atoms with Crippen LogP contribution < -0.4 is 15.4 Å². The summed E-state index contributed by atoms with van der Waals surface area (Å²) < 4.78 is 43.9. The largest absolute Gasteiger partial charge is 0.484 e. The minimum Gasteiger partial charge on any atom is -0.484 e. The number of ether oxygens (including phenoxy) is 1. The van der Waals surface area contributed by atoms with Gasteiger partial charge in [-0.1, -0.05) is 12.1 Å². The van der Waals surface area contributed by atoms with Gasteiger partial charge in [0.05, 0.1) is 5.56 Å². The minimum atomic E-state index is -4.53. The molecule has 0 heterocycles. The molecule has 0 bridgehead atoms. The number of rotatable bonds is 7. The van der Waals surface area contributed by atoms with Crippen LogP contribution in [0.3, 0.4) is 0 Å². The maximum absolute atomic E-state index is 12.8. The van der Waals surface area contributed by atoms with Crippen molar-refractivity contribution in [2.75, 3.05) is 17.2 Å². The molecule has 3 rings (SSSR count). The van der Waals surface area contributed by atoms with E-state index in [9.17, 15) is 27.6 Å². The highest BCUT2D eigenvalue weighted by Crippen LogP contribution is 2.30. The molecular formula is C24H19F3N2O4. The van der Waals surface area contributed by atoms with E-state index in [1.54, 1.807) is 30.3 Å². The second-order valence-corrected chi connectivity index (χ2v) is 7.03. The van der Waals surface area contributed by atoms with E-state index in [2.05, 4.69) is 10.6 Å². The normalized spacial score (nSPS) is 10.9. The lowest BCUT2D eigenvalue weighted by molar-refractivity contribution is -0.137. The number of hydrogen-bond acceptors (Lipinski definition) is 4. The summed E-state index contributed by atoms with van der Waals surface area (Å²) in [4.78, 5) is 35.9. The van der Waals surface area contributed by atoms with Crippen LogP contribution in [-0.4, -0.2) is 24.2 Å². The van der Waals surface area contributed by atoms with Gasteiger partial charge in [0.15, 0.2) is 12.4 Å². The van der Waals surface area contributed by atoms with Crippen LogP contribution in [0.2, 0.25) is 0 Å². The molecule has 3 aromatic rings. The lowest BCUT2D eigenvalue weighted by Crippen LogP contribution is -2.20. The van der Waals surface area contributed by atoms with Crippen molar-refractivity contribution < 1.29 is 32.3 Å². The number of ketones is 1. The van der Waals surface area contributed by atoms with Crippen LogP contribution >= 0.6 is 0 Å². The number of hydrogen-bond donors (Lipinski definition) is 2. The molecule has 0 aliphatic heterocycles. The molecule has 170 valence electrons. The number of carbonyl (C=O) groups is 3. The zero-order valence-electron chi connectivity index (χ0n) is 17.4. The maximum Gasteiger partial charge on any atom is 0.416 e. The zero-order chi connectivity index (χ0) is 24.0. The number of carbonyl (C=O) groups excluding carboxylic acids is 3. The van der Waals surface area contributed by atoms with E-state index < -0.39 is 23.6 Å². The van der Waals surface area contributed by atoms with Gasteiger partial charge >= 0.3 is 6.18 Å². The van der Waals surface area contributed by atoms with Gasteiger partial charge in [-0.25, -0.2) is 0 Å². The summed E-state index contributed by atoms with van der Waals surface area (Å²) in [5.74, 6) is -0.797. The standard InChI is InChI=1S/C24H19F3N2O4/c1-15(30)16-8-10-21(11-9-16)33-14-22(31)28-19-6-2-4-17(12-19)23(32)29-20-7-3-5-18(13-20)24(25,26)27/h2-13H,14H2,1H3,(H,28,31)(H,29,32). The highest BCUT2D eigenvalue weighted by Gasteiger charge is 2.30. The molecule has 0 unspecified atom stereocenters. The van der Waals surface area contributed by atoms with Crippen LogP contribution in [0.4, 0.5) is 24.5 Å². The van der Waals surface area contributed by atoms with Crippen molar-refractivity contribution in [3.05, 3.63) is 89.5 Å². The molecule has 33 heavy (non-hydrogen) atoms. The van der Waals surface area contributed by atoms with Crippen LogP contribution in [0.5, 0.6) is 5.75 Å². The fourth-order valence-electron chi connectivity index (χ4n) is 2.85. The van der Waals surface area contributed by atoms with Gasteiger partial charge in [-0.05, 0) is 67.6 Å². The van der Waals surface area contributed by atoms with E-state index in [4.69, 9.17) is 4.74 Å². The number of alkyl halides is 3. The molecule has 0 saturated heterocycles. The summed E-state index contributed by atoms with van der Waals surface area (Å²) >= 11 is 0. The molecule has 0 aliphatic carbocycles. The van der Waals surface area contributed by atoms with E-state index >= 15 is 0 Å². The van der Waals surface area contributed by atoms with Gasteiger partial charge in [-0.3, -0.25) is 14.4 Å². The van der Waals surface area contributed by atoms with Gasteiger partial charge in [-0.15, -0.1) is 0 Å².